The van der Waals surface area contributed by atoms with Crippen molar-refractivity contribution in [3.63, 3.8) is 0 Å². The highest BCUT2D eigenvalue weighted by atomic mass is 32.2. The fraction of sp³-hybridized carbons (Fsp3) is 0.500. The molecular weight excluding hydrogens is 285 g/mol. The first-order valence-corrected chi connectivity index (χ1v) is 7.77. The maximum atomic E-state index is 13.4. The van der Waals surface area contributed by atoms with Crippen molar-refractivity contribution in [1.29, 1.82) is 0 Å². The molecule has 0 radical (unpaired) electrons. The summed E-state index contributed by atoms with van der Waals surface area (Å²) in [6.07, 6.45) is 0. The smallest absolute Gasteiger partial charge is 0.243 e. The number of halogens is 1. The standard InChI is InChI=1S/C12H18FN3O3S/c13-11-9-10(1-2-12(11)14)20(18,19)16-5-3-15(4-6-16)7-8-17/h1-2,9,17H,3-8,14H2. The van der Waals surface area contributed by atoms with Crippen molar-refractivity contribution >= 4 is 15.7 Å². The zero-order chi connectivity index (χ0) is 14.8. The Kier molecular flexibility index (Phi) is 4.59. The Labute approximate surface area is 117 Å². The molecule has 1 aliphatic rings. The van der Waals surface area contributed by atoms with Gasteiger partial charge in [0.2, 0.25) is 10.0 Å². The van der Waals surface area contributed by atoms with E-state index in [2.05, 4.69) is 0 Å². The van der Waals surface area contributed by atoms with E-state index < -0.39 is 15.8 Å². The molecule has 0 spiro atoms. The first-order chi connectivity index (χ1) is 9.45. The van der Waals surface area contributed by atoms with Gasteiger partial charge in [-0.3, -0.25) is 4.90 Å². The fourth-order valence-electron chi connectivity index (χ4n) is 2.15. The summed E-state index contributed by atoms with van der Waals surface area (Å²) in [7, 11) is -3.69. The van der Waals surface area contributed by atoms with Gasteiger partial charge in [-0.05, 0) is 18.2 Å². The molecule has 1 saturated heterocycles. The van der Waals surface area contributed by atoms with Crippen molar-refractivity contribution in [2.24, 2.45) is 0 Å². The minimum atomic E-state index is -3.69. The molecule has 0 bridgehead atoms. The molecule has 0 aromatic heterocycles. The number of aliphatic hydroxyl groups is 1. The number of benzene rings is 1. The SMILES string of the molecule is Nc1ccc(S(=O)(=O)N2CCN(CCO)CC2)cc1F. The van der Waals surface area contributed by atoms with Crippen LogP contribution in [-0.2, 0) is 10.0 Å². The molecule has 0 amide bonds. The largest absolute Gasteiger partial charge is 0.396 e. The third kappa shape index (κ3) is 3.09. The topological polar surface area (TPSA) is 86.9 Å². The third-order valence-electron chi connectivity index (χ3n) is 3.36. The number of rotatable bonds is 4. The summed E-state index contributed by atoms with van der Waals surface area (Å²) in [4.78, 5) is 1.90. The number of hydrogen-bond acceptors (Lipinski definition) is 5. The molecule has 1 aromatic carbocycles. The minimum Gasteiger partial charge on any atom is -0.396 e. The van der Waals surface area contributed by atoms with Gasteiger partial charge >= 0.3 is 0 Å². The van der Waals surface area contributed by atoms with Crippen molar-refractivity contribution in [3.05, 3.63) is 24.0 Å². The van der Waals surface area contributed by atoms with Gasteiger partial charge in [0, 0.05) is 32.7 Å². The van der Waals surface area contributed by atoms with E-state index in [1.165, 1.54) is 16.4 Å². The fourth-order valence-corrected chi connectivity index (χ4v) is 3.59. The maximum Gasteiger partial charge on any atom is 0.243 e. The van der Waals surface area contributed by atoms with Crippen LogP contribution in [0.1, 0.15) is 0 Å². The summed E-state index contributed by atoms with van der Waals surface area (Å²) in [6, 6.07) is 3.52. The summed E-state index contributed by atoms with van der Waals surface area (Å²) in [5.41, 5.74) is 5.28. The van der Waals surface area contributed by atoms with Crippen LogP contribution in [0.15, 0.2) is 23.1 Å². The van der Waals surface area contributed by atoms with E-state index in [0.717, 1.165) is 6.07 Å². The van der Waals surface area contributed by atoms with Gasteiger partial charge in [-0.15, -0.1) is 0 Å². The quantitative estimate of drug-likeness (QED) is 0.746. The van der Waals surface area contributed by atoms with Crippen molar-refractivity contribution in [2.45, 2.75) is 4.90 Å². The van der Waals surface area contributed by atoms with E-state index in [-0.39, 0.29) is 17.2 Å². The van der Waals surface area contributed by atoms with Crippen LogP contribution < -0.4 is 5.73 Å². The van der Waals surface area contributed by atoms with E-state index in [9.17, 15) is 12.8 Å². The van der Waals surface area contributed by atoms with Gasteiger partial charge in [0.15, 0.2) is 0 Å². The predicted molar refractivity (Wildman–Crippen MR) is 73.1 cm³/mol. The summed E-state index contributed by atoms with van der Waals surface area (Å²) < 4.78 is 39.5. The predicted octanol–water partition coefficient (Wildman–Crippen LogP) is -0.293. The number of nitrogens with two attached hydrogens (primary N) is 1. The van der Waals surface area contributed by atoms with Crippen molar-refractivity contribution in [1.82, 2.24) is 9.21 Å². The van der Waals surface area contributed by atoms with Crippen LogP contribution in [0.5, 0.6) is 0 Å². The van der Waals surface area contributed by atoms with Gasteiger partial charge in [-0.2, -0.15) is 4.31 Å². The number of anilines is 1. The highest BCUT2D eigenvalue weighted by molar-refractivity contribution is 7.89. The van der Waals surface area contributed by atoms with Crippen molar-refractivity contribution in [3.8, 4) is 0 Å². The van der Waals surface area contributed by atoms with E-state index in [0.29, 0.717) is 32.7 Å². The lowest BCUT2D eigenvalue weighted by Crippen LogP contribution is -2.49. The number of nitrogens with zero attached hydrogens (tertiary/aromatic N) is 2. The van der Waals surface area contributed by atoms with Crippen LogP contribution in [0, 0.1) is 5.82 Å². The maximum absolute atomic E-state index is 13.4. The Morgan fingerprint density at radius 2 is 1.90 bits per heavy atom. The molecule has 3 N–H and O–H groups in total. The molecule has 1 heterocycles. The second-order valence-corrected chi connectivity index (χ2v) is 6.59. The van der Waals surface area contributed by atoms with Crippen molar-refractivity contribution < 1.29 is 17.9 Å². The number of β-amino-alcohol motifs (C(OH)–C–C–N with tert-alkyl or cyclic N) is 1. The molecule has 6 nitrogen and oxygen atoms in total. The third-order valence-corrected chi connectivity index (χ3v) is 5.25. The molecule has 8 heteroatoms. The number of hydrogen-bond donors (Lipinski definition) is 2. The molecule has 0 aliphatic carbocycles. The average molecular weight is 303 g/mol. The highest BCUT2D eigenvalue weighted by Gasteiger charge is 2.28. The lowest BCUT2D eigenvalue weighted by Gasteiger charge is -2.33. The van der Waals surface area contributed by atoms with Crippen LogP contribution >= 0.6 is 0 Å². The van der Waals surface area contributed by atoms with E-state index in [4.69, 9.17) is 10.8 Å². The van der Waals surface area contributed by atoms with Gasteiger partial charge in [0.05, 0.1) is 17.2 Å². The van der Waals surface area contributed by atoms with E-state index in [1.807, 2.05) is 4.90 Å². The first kappa shape index (κ1) is 15.2. The Bertz CT molecular complexity index is 571. The van der Waals surface area contributed by atoms with Crippen LogP contribution in [0.2, 0.25) is 0 Å². The van der Waals surface area contributed by atoms with E-state index >= 15 is 0 Å². The zero-order valence-electron chi connectivity index (χ0n) is 11.0. The van der Waals surface area contributed by atoms with Crippen LogP contribution in [0.3, 0.4) is 0 Å². The Morgan fingerprint density at radius 3 is 2.45 bits per heavy atom. The molecular formula is C12H18FN3O3S. The van der Waals surface area contributed by atoms with Crippen LogP contribution in [0.4, 0.5) is 10.1 Å². The highest BCUT2D eigenvalue weighted by Crippen LogP contribution is 2.21. The number of piperazine rings is 1. The van der Waals surface area contributed by atoms with Crippen LogP contribution in [-0.4, -0.2) is 62.1 Å². The lowest BCUT2D eigenvalue weighted by atomic mass is 10.3. The molecule has 0 atom stereocenters. The molecule has 112 valence electrons. The van der Waals surface area contributed by atoms with Gasteiger partial charge in [-0.1, -0.05) is 0 Å². The molecule has 20 heavy (non-hydrogen) atoms. The monoisotopic (exact) mass is 303 g/mol. The summed E-state index contributed by atoms with van der Waals surface area (Å²) in [6.45, 7) is 2.34. The molecule has 2 rings (SSSR count). The minimum absolute atomic E-state index is 0.0515. The van der Waals surface area contributed by atoms with E-state index in [1.54, 1.807) is 0 Å². The molecule has 1 fully saturated rings. The van der Waals surface area contributed by atoms with Crippen LogP contribution in [0.25, 0.3) is 0 Å². The Balaban J connectivity index is 2.13. The average Bonchev–Trinajstić information content (AvgIpc) is 2.43. The zero-order valence-corrected chi connectivity index (χ0v) is 11.8. The number of sulfonamides is 1. The van der Waals surface area contributed by atoms with Gasteiger partial charge in [0.25, 0.3) is 0 Å². The Morgan fingerprint density at radius 1 is 1.25 bits per heavy atom. The first-order valence-electron chi connectivity index (χ1n) is 6.33. The Hall–Kier alpha value is -1.22. The van der Waals surface area contributed by atoms with Gasteiger partial charge in [-0.25, -0.2) is 12.8 Å². The number of aliphatic hydroxyl groups excluding tert-OH is 1. The number of nitrogen functional groups attached to an aromatic ring is 1. The lowest BCUT2D eigenvalue weighted by molar-refractivity contribution is 0.151. The summed E-state index contributed by atoms with van der Waals surface area (Å²) >= 11 is 0. The molecule has 1 aromatic rings. The van der Waals surface area contributed by atoms with Crippen molar-refractivity contribution in [2.75, 3.05) is 45.1 Å². The van der Waals surface area contributed by atoms with Gasteiger partial charge in [0.1, 0.15) is 5.82 Å². The molecule has 0 unspecified atom stereocenters. The molecule has 0 saturated carbocycles. The summed E-state index contributed by atoms with van der Waals surface area (Å²) in [5.74, 6) is -0.731. The molecule has 1 aliphatic heterocycles. The second kappa shape index (κ2) is 6.04. The van der Waals surface area contributed by atoms with Gasteiger partial charge < -0.3 is 10.8 Å². The normalized spacial score (nSPS) is 18.3. The second-order valence-electron chi connectivity index (χ2n) is 4.65. The summed E-state index contributed by atoms with van der Waals surface area (Å²) in [5, 5.41) is 8.85.